The van der Waals surface area contributed by atoms with Gasteiger partial charge in [0.2, 0.25) is 0 Å². The Labute approximate surface area is 101 Å². The van der Waals surface area contributed by atoms with Crippen molar-refractivity contribution in [1.82, 2.24) is 19.5 Å². The Morgan fingerprint density at radius 1 is 1.29 bits per heavy atom. The van der Waals surface area contributed by atoms with Crippen LogP contribution in [0.1, 0.15) is 13.8 Å². The fourth-order valence-corrected chi connectivity index (χ4v) is 1.79. The Bertz CT molecular complexity index is 461. The van der Waals surface area contributed by atoms with E-state index < -0.39 is 0 Å². The number of likely N-dealkylation sites (N-methyl/N-ethyl adjacent to an activating group) is 1. The maximum atomic E-state index is 4.45. The van der Waals surface area contributed by atoms with E-state index in [9.17, 15) is 0 Å². The summed E-state index contributed by atoms with van der Waals surface area (Å²) in [6.07, 6.45) is 3.67. The van der Waals surface area contributed by atoms with E-state index in [0.717, 1.165) is 37.6 Å². The van der Waals surface area contributed by atoms with Crippen LogP contribution in [0.15, 0.2) is 24.5 Å². The molecular formula is C12H19N5. The monoisotopic (exact) mass is 233 g/mol. The average molecular weight is 233 g/mol. The number of hydrogen-bond donors (Lipinski definition) is 1. The predicted octanol–water partition coefficient (Wildman–Crippen LogP) is 1.48. The second-order valence-electron chi connectivity index (χ2n) is 3.90. The SMILES string of the molecule is CCN(CC)CCNc1ccn2nccc2n1. The summed E-state index contributed by atoms with van der Waals surface area (Å²) in [5.41, 5.74) is 0.873. The van der Waals surface area contributed by atoms with Gasteiger partial charge in [-0.2, -0.15) is 5.10 Å². The molecule has 0 bridgehead atoms. The molecule has 0 aliphatic rings. The van der Waals surface area contributed by atoms with Crippen molar-refractivity contribution in [1.29, 1.82) is 0 Å². The summed E-state index contributed by atoms with van der Waals surface area (Å²) in [4.78, 5) is 6.83. The summed E-state index contributed by atoms with van der Waals surface area (Å²) in [6.45, 7) is 8.50. The lowest BCUT2D eigenvalue weighted by Crippen LogP contribution is -2.28. The molecule has 0 saturated carbocycles. The standard InChI is InChI=1S/C12H19N5/c1-3-16(4-2)10-8-13-11-6-9-17-12(15-11)5-7-14-17/h5-7,9H,3-4,8,10H2,1-2H3,(H,13,15). The van der Waals surface area contributed by atoms with Gasteiger partial charge in [0, 0.05) is 25.4 Å². The first-order valence-electron chi connectivity index (χ1n) is 6.10. The number of nitrogens with one attached hydrogen (secondary N) is 1. The van der Waals surface area contributed by atoms with E-state index >= 15 is 0 Å². The highest BCUT2D eigenvalue weighted by atomic mass is 15.2. The fourth-order valence-electron chi connectivity index (χ4n) is 1.79. The Kier molecular flexibility index (Phi) is 3.93. The molecule has 0 unspecified atom stereocenters. The van der Waals surface area contributed by atoms with E-state index in [0.29, 0.717) is 0 Å². The second kappa shape index (κ2) is 5.63. The number of fused-ring (bicyclic) bond motifs is 1. The second-order valence-corrected chi connectivity index (χ2v) is 3.90. The molecule has 0 aliphatic heterocycles. The molecule has 0 aliphatic carbocycles. The van der Waals surface area contributed by atoms with Crippen molar-refractivity contribution >= 4 is 11.5 Å². The van der Waals surface area contributed by atoms with Gasteiger partial charge < -0.3 is 10.2 Å². The van der Waals surface area contributed by atoms with Gasteiger partial charge in [-0.15, -0.1) is 0 Å². The minimum atomic E-state index is 0.873. The molecule has 2 heterocycles. The van der Waals surface area contributed by atoms with Crippen molar-refractivity contribution in [2.75, 3.05) is 31.5 Å². The van der Waals surface area contributed by atoms with Gasteiger partial charge in [-0.3, -0.25) is 0 Å². The lowest BCUT2D eigenvalue weighted by atomic mass is 10.4. The molecule has 5 nitrogen and oxygen atoms in total. The highest BCUT2D eigenvalue weighted by Crippen LogP contribution is 2.05. The number of anilines is 1. The summed E-state index contributed by atoms with van der Waals surface area (Å²) in [5.74, 6) is 0.908. The van der Waals surface area contributed by atoms with Gasteiger partial charge in [-0.05, 0) is 19.2 Å². The fraction of sp³-hybridized carbons (Fsp3) is 0.500. The van der Waals surface area contributed by atoms with Crippen molar-refractivity contribution in [3.05, 3.63) is 24.5 Å². The zero-order chi connectivity index (χ0) is 12.1. The largest absolute Gasteiger partial charge is 0.369 e. The third kappa shape index (κ3) is 2.94. The van der Waals surface area contributed by atoms with E-state index in [4.69, 9.17) is 0 Å². The molecule has 0 atom stereocenters. The van der Waals surface area contributed by atoms with Crippen LogP contribution in [0.5, 0.6) is 0 Å². The van der Waals surface area contributed by atoms with E-state index in [1.54, 1.807) is 10.7 Å². The predicted molar refractivity (Wildman–Crippen MR) is 69.3 cm³/mol. The van der Waals surface area contributed by atoms with Crippen LogP contribution < -0.4 is 5.32 Å². The van der Waals surface area contributed by atoms with Crippen LogP contribution in [-0.2, 0) is 0 Å². The minimum absolute atomic E-state index is 0.873. The van der Waals surface area contributed by atoms with E-state index in [2.05, 4.69) is 34.1 Å². The first-order chi connectivity index (χ1) is 8.33. The summed E-state index contributed by atoms with van der Waals surface area (Å²) in [5, 5.41) is 7.44. The van der Waals surface area contributed by atoms with Crippen molar-refractivity contribution in [2.45, 2.75) is 13.8 Å². The van der Waals surface area contributed by atoms with Gasteiger partial charge in [-0.1, -0.05) is 13.8 Å². The van der Waals surface area contributed by atoms with Gasteiger partial charge in [-0.25, -0.2) is 9.50 Å². The molecule has 2 rings (SSSR count). The highest BCUT2D eigenvalue weighted by Gasteiger charge is 2.00. The van der Waals surface area contributed by atoms with E-state index in [-0.39, 0.29) is 0 Å². The summed E-state index contributed by atoms with van der Waals surface area (Å²) in [7, 11) is 0. The molecule has 0 saturated heterocycles. The van der Waals surface area contributed by atoms with Crippen LogP contribution in [0.2, 0.25) is 0 Å². The number of hydrogen-bond acceptors (Lipinski definition) is 4. The number of nitrogens with zero attached hydrogens (tertiary/aromatic N) is 4. The highest BCUT2D eigenvalue weighted by molar-refractivity contribution is 5.45. The van der Waals surface area contributed by atoms with Crippen molar-refractivity contribution in [2.24, 2.45) is 0 Å². The molecule has 5 heteroatoms. The first kappa shape index (κ1) is 11.9. The molecule has 0 spiro atoms. The van der Waals surface area contributed by atoms with Crippen LogP contribution in [0.25, 0.3) is 5.65 Å². The molecule has 2 aromatic rings. The Balaban J connectivity index is 1.90. The van der Waals surface area contributed by atoms with Crippen LogP contribution in [0, 0.1) is 0 Å². The summed E-state index contributed by atoms with van der Waals surface area (Å²) in [6, 6.07) is 3.85. The number of rotatable bonds is 6. The normalized spacial score (nSPS) is 11.2. The van der Waals surface area contributed by atoms with Crippen LogP contribution in [-0.4, -0.2) is 45.7 Å². The molecule has 0 radical (unpaired) electrons. The third-order valence-corrected chi connectivity index (χ3v) is 2.89. The van der Waals surface area contributed by atoms with Crippen molar-refractivity contribution in [3.8, 4) is 0 Å². The molecule has 1 N–H and O–H groups in total. The van der Waals surface area contributed by atoms with Gasteiger partial charge in [0.1, 0.15) is 5.82 Å². The Morgan fingerprint density at radius 3 is 2.88 bits per heavy atom. The lowest BCUT2D eigenvalue weighted by Gasteiger charge is -2.18. The summed E-state index contributed by atoms with van der Waals surface area (Å²) < 4.78 is 1.76. The Morgan fingerprint density at radius 2 is 2.12 bits per heavy atom. The molecule has 2 aromatic heterocycles. The zero-order valence-corrected chi connectivity index (χ0v) is 10.4. The quantitative estimate of drug-likeness (QED) is 0.821. The molecule has 0 amide bonds. The topological polar surface area (TPSA) is 45.5 Å². The van der Waals surface area contributed by atoms with Gasteiger partial charge in [0.25, 0.3) is 0 Å². The maximum Gasteiger partial charge on any atom is 0.157 e. The molecular weight excluding hydrogens is 214 g/mol. The van der Waals surface area contributed by atoms with E-state index in [1.807, 2.05) is 18.3 Å². The zero-order valence-electron chi connectivity index (χ0n) is 10.4. The van der Waals surface area contributed by atoms with E-state index in [1.165, 1.54) is 0 Å². The van der Waals surface area contributed by atoms with Crippen molar-refractivity contribution < 1.29 is 0 Å². The minimum Gasteiger partial charge on any atom is -0.369 e. The number of aromatic nitrogens is 3. The molecule has 92 valence electrons. The lowest BCUT2D eigenvalue weighted by molar-refractivity contribution is 0.316. The molecule has 0 aromatic carbocycles. The average Bonchev–Trinajstić information content (AvgIpc) is 2.82. The van der Waals surface area contributed by atoms with Crippen LogP contribution in [0.3, 0.4) is 0 Å². The maximum absolute atomic E-state index is 4.45. The first-order valence-corrected chi connectivity index (χ1v) is 6.10. The molecule has 0 fully saturated rings. The smallest absolute Gasteiger partial charge is 0.157 e. The van der Waals surface area contributed by atoms with Crippen LogP contribution in [0.4, 0.5) is 5.82 Å². The third-order valence-electron chi connectivity index (χ3n) is 2.89. The van der Waals surface area contributed by atoms with Gasteiger partial charge in [0.05, 0.1) is 6.20 Å². The van der Waals surface area contributed by atoms with Gasteiger partial charge in [0.15, 0.2) is 5.65 Å². The van der Waals surface area contributed by atoms with Crippen LogP contribution >= 0.6 is 0 Å². The Hall–Kier alpha value is -1.62. The van der Waals surface area contributed by atoms with Crippen molar-refractivity contribution in [3.63, 3.8) is 0 Å². The van der Waals surface area contributed by atoms with Gasteiger partial charge >= 0.3 is 0 Å². The molecule has 17 heavy (non-hydrogen) atoms. The summed E-state index contributed by atoms with van der Waals surface area (Å²) >= 11 is 0.